The van der Waals surface area contributed by atoms with Crippen molar-refractivity contribution >= 4 is 0 Å². The molecule has 0 atom stereocenters. The van der Waals surface area contributed by atoms with Crippen LogP contribution in [0.2, 0.25) is 0 Å². The minimum atomic E-state index is 0.640. The number of ether oxygens (including phenoxy) is 1. The van der Waals surface area contributed by atoms with E-state index < -0.39 is 0 Å². The van der Waals surface area contributed by atoms with E-state index in [0.717, 1.165) is 36.4 Å². The van der Waals surface area contributed by atoms with Crippen LogP contribution >= 0.6 is 0 Å². The van der Waals surface area contributed by atoms with Gasteiger partial charge in [-0.15, -0.1) is 0 Å². The Morgan fingerprint density at radius 3 is 2.48 bits per heavy atom. The fraction of sp³-hybridized carbons (Fsp3) is 0.211. The first-order valence-electron chi connectivity index (χ1n) is 7.72. The van der Waals surface area contributed by atoms with E-state index in [1.807, 2.05) is 24.3 Å². The molecule has 3 rings (SSSR count). The predicted molar refractivity (Wildman–Crippen MR) is 90.3 cm³/mol. The number of nitrogens with zero attached hydrogens (tertiary/aromatic N) is 3. The van der Waals surface area contributed by atoms with Gasteiger partial charge in [0.1, 0.15) is 5.69 Å². The molecule has 0 unspecified atom stereocenters. The lowest BCUT2D eigenvalue weighted by molar-refractivity contribution is 0.404. The van der Waals surface area contributed by atoms with Crippen LogP contribution in [0.15, 0.2) is 60.9 Å². The molecular formula is C19H19N3O. The van der Waals surface area contributed by atoms with Crippen LogP contribution in [0.5, 0.6) is 5.75 Å². The van der Waals surface area contributed by atoms with Crippen molar-refractivity contribution in [2.24, 2.45) is 0 Å². The van der Waals surface area contributed by atoms with Crippen LogP contribution in [0.4, 0.5) is 0 Å². The zero-order valence-corrected chi connectivity index (χ0v) is 13.1. The maximum atomic E-state index is 5.39. The zero-order chi connectivity index (χ0) is 15.9. The van der Waals surface area contributed by atoms with Gasteiger partial charge in [-0.1, -0.05) is 36.4 Å². The summed E-state index contributed by atoms with van der Waals surface area (Å²) in [6.07, 6.45) is 6.36. The van der Waals surface area contributed by atoms with E-state index in [0.29, 0.717) is 5.82 Å². The highest BCUT2D eigenvalue weighted by Crippen LogP contribution is 2.21. The van der Waals surface area contributed by atoms with Crippen molar-refractivity contribution in [2.45, 2.75) is 19.3 Å². The summed E-state index contributed by atoms with van der Waals surface area (Å²) in [6, 6.07) is 16.2. The van der Waals surface area contributed by atoms with Gasteiger partial charge in [0.15, 0.2) is 11.6 Å². The van der Waals surface area contributed by atoms with Crippen LogP contribution in [0, 0.1) is 0 Å². The van der Waals surface area contributed by atoms with Gasteiger partial charge >= 0.3 is 0 Å². The van der Waals surface area contributed by atoms with Crippen molar-refractivity contribution in [1.82, 2.24) is 15.0 Å². The van der Waals surface area contributed by atoms with E-state index in [1.54, 1.807) is 19.5 Å². The third-order valence-electron chi connectivity index (χ3n) is 3.67. The second-order valence-electron chi connectivity index (χ2n) is 5.26. The summed E-state index contributed by atoms with van der Waals surface area (Å²) < 4.78 is 5.39. The van der Waals surface area contributed by atoms with Gasteiger partial charge in [-0.3, -0.25) is 4.98 Å². The van der Waals surface area contributed by atoms with E-state index in [4.69, 9.17) is 4.74 Å². The quantitative estimate of drug-likeness (QED) is 0.696. The van der Waals surface area contributed by atoms with Gasteiger partial charge < -0.3 is 4.74 Å². The molecule has 0 bridgehead atoms. The molecule has 1 aromatic carbocycles. The molecular weight excluding hydrogens is 286 g/mol. The van der Waals surface area contributed by atoms with Gasteiger partial charge in [0.25, 0.3) is 0 Å². The smallest absolute Gasteiger partial charge is 0.178 e. The molecule has 0 fully saturated rings. The van der Waals surface area contributed by atoms with Crippen molar-refractivity contribution in [1.29, 1.82) is 0 Å². The van der Waals surface area contributed by atoms with Gasteiger partial charge in [0.05, 0.1) is 19.0 Å². The Morgan fingerprint density at radius 2 is 1.74 bits per heavy atom. The molecule has 0 saturated carbocycles. The lowest BCUT2D eigenvalue weighted by atomic mass is 10.1. The fourth-order valence-electron chi connectivity index (χ4n) is 2.48. The molecule has 0 spiro atoms. The normalized spacial score (nSPS) is 10.5. The van der Waals surface area contributed by atoms with Gasteiger partial charge in [-0.05, 0) is 37.0 Å². The number of pyridine rings is 1. The molecule has 0 saturated heterocycles. The summed E-state index contributed by atoms with van der Waals surface area (Å²) in [6.45, 7) is 0. The molecule has 0 radical (unpaired) electrons. The average molecular weight is 305 g/mol. The van der Waals surface area contributed by atoms with Gasteiger partial charge in [0, 0.05) is 6.20 Å². The highest BCUT2D eigenvalue weighted by molar-refractivity contribution is 5.49. The van der Waals surface area contributed by atoms with Crippen molar-refractivity contribution in [3.63, 3.8) is 0 Å². The molecule has 23 heavy (non-hydrogen) atoms. The summed E-state index contributed by atoms with van der Waals surface area (Å²) in [5, 5.41) is 0. The van der Waals surface area contributed by atoms with Crippen LogP contribution < -0.4 is 4.74 Å². The molecule has 3 aromatic rings. The van der Waals surface area contributed by atoms with Gasteiger partial charge in [-0.25, -0.2) is 9.97 Å². The van der Waals surface area contributed by atoms with Crippen LogP contribution in [0.3, 0.4) is 0 Å². The molecule has 0 N–H and O–H groups in total. The van der Waals surface area contributed by atoms with Crippen molar-refractivity contribution in [2.75, 3.05) is 7.11 Å². The molecule has 0 aliphatic rings. The molecule has 116 valence electrons. The number of methoxy groups -OCH3 is 1. The molecule has 2 aromatic heterocycles. The first kappa shape index (κ1) is 15.2. The summed E-state index contributed by atoms with van der Waals surface area (Å²) in [7, 11) is 1.65. The molecule has 0 aliphatic heterocycles. The predicted octanol–water partition coefficient (Wildman–Crippen LogP) is 3.72. The summed E-state index contributed by atoms with van der Waals surface area (Å²) in [5.74, 6) is 1.37. The topological polar surface area (TPSA) is 47.9 Å². The van der Waals surface area contributed by atoms with Crippen LogP contribution in [-0.2, 0) is 12.8 Å². The zero-order valence-electron chi connectivity index (χ0n) is 13.1. The largest absolute Gasteiger partial charge is 0.493 e. The summed E-state index contributed by atoms with van der Waals surface area (Å²) >= 11 is 0. The SMILES string of the molecule is COc1cnc(-c2ccccn2)nc1CCCc1ccccc1. The van der Waals surface area contributed by atoms with Gasteiger partial charge in [-0.2, -0.15) is 0 Å². The van der Waals surface area contributed by atoms with E-state index in [9.17, 15) is 0 Å². The van der Waals surface area contributed by atoms with Crippen molar-refractivity contribution in [3.05, 3.63) is 72.2 Å². The lowest BCUT2D eigenvalue weighted by Crippen LogP contribution is -2.01. The Kier molecular flexibility index (Phi) is 4.94. The minimum absolute atomic E-state index is 0.640. The van der Waals surface area contributed by atoms with E-state index >= 15 is 0 Å². The third kappa shape index (κ3) is 3.92. The number of hydrogen-bond acceptors (Lipinski definition) is 4. The molecule has 0 amide bonds. The number of hydrogen-bond donors (Lipinski definition) is 0. The Labute approximate surface area is 136 Å². The van der Waals surface area contributed by atoms with E-state index in [2.05, 4.69) is 39.2 Å². The summed E-state index contributed by atoms with van der Waals surface area (Å²) in [4.78, 5) is 13.3. The Bertz CT molecular complexity index is 745. The number of rotatable bonds is 6. The van der Waals surface area contributed by atoms with E-state index in [-0.39, 0.29) is 0 Å². The van der Waals surface area contributed by atoms with Crippen LogP contribution in [0.25, 0.3) is 11.5 Å². The number of aryl methyl sites for hydroxylation is 2. The number of aromatic nitrogens is 3. The Morgan fingerprint density at radius 1 is 0.913 bits per heavy atom. The minimum Gasteiger partial charge on any atom is -0.493 e. The summed E-state index contributed by atoms with van der Waals surface area (Å²) in [5.41, 5.74) is 3.05. The Hall–Kier alpha value is -2.75. The first-order valence-corrected chi connectivity index (χ1v) is 7.72. The Balaban J connectivity index is 1.74. The first-order chi connectivity index (χ1) is 11.4. The van der Waals surface area contributed by atoms with Crippen LogP contribution in [-0.4, -0.2) is 22.1 Å². The second-order valence-corrected chi connectivity index (χ2v) is 5.26. The standard InChI is InChI=1S/C19H19N3O/c1-23-18-14-21-19(17-11-5-6-13-20-17)22-16(18)12-7-10-15-8-3-2-4-9-15/h2-6,8-9,11,13-14H,7,10,12H2,1H3. The third-order valence-corrected chi connectivity index (χ3v) is 3.67. The molecule has 0 aliphatic carbocycles. The fourth-order valence-corrected chi connectivity index (χ4v) is 2.48. The highest BCUT2D eigenvalue weighted by atomic mass is 16.5. The highest BCUT2D eigenvalue weighted by Gasteiger charge is 2.10. The van der Waals surface area contributed by atoms with Crippen molar-refractivity contribution in [3.8, 4) is 17.3 Å². The number of benzene rings is 1. The van der Waals surface area contributed by atoms with E-state index in [1.165, 1.54) is 5.56 Å². The molecule has 2 heterocycles. The lowest BCUT2D eigenvalue weighted by Gasteiger charge is -2.09. The maximum Gasteiger partial charge on any atom is 0.178 e. The van der Waals surface area contributed by atoms with Crippen LogP contribution in [0.1, 0.15) is 17.7 Å². The monoisotopic (exact) mass is 305 g/mol. The van der Waals surface area contributed by atoms with Gasteiger partial charge in [0.2, 0.25) is 0 Å². The maximum absolute atomic E-state index is 5.39. The van der Waals surface area contributed by atoms with Crippen molar-refractivity contribution < 1.29 is 4.74 Å². The molecule has 4 nitrogen and oxygen atoms in total. The average Bonchev–Trinajstić information content (AvgIpc) is 2.63. The molecule has 4 heteroatoms. The second kappa shape index (κ2) is 7.49.